The molecule has 22 heavy (non-hydrogen) atoms. The third kappa shape index (κ3) is 6.75. The molecule has 0 atom stereocenters. The molecule has 0 aliphatic carbocycles. The largest absolute Gasteiger partial charge is 0.507 e. The summed E-state index contributed by atoms with van der Waals surface area (Å²) in [5.74, 6) is -0.154. The van der Waals surface area contributed by atoms with Gasteiger partial charge in [-0.3, -0.25) is 0 Å². The Morgan fingerprint density at radius 1 is 1.18 bits per heavy atom. The van der Waals surface area contributed by atoms with E-state index in [0.717, 1.165) is 16.7 Å². The molecule has 3 heteroatoms. The number of hydrogen-bond donors (Lipinski definition) is 1. The lowest BCUT2D eigenvalue weighted by Gasteiger charge is -2.09. The van der Waals surface area contributed by atoms with Crippen LogP contribution in [0.25, 0.3) is 6.08 Å². The lowest BCUT2D eigenvalue weighted by atomic mass is 9.99. The van der Waals surface area contributed by atoms with Gasteiger partial charge >= 0.3 is 5.97 Å². The highest BCUT2D eigenvalue weighted by Crippen LogP contribution is 2.26. The second-order valence-electron chi connectivity index (χ2n) is 4.44. The molecule has 0 aliphatic heterocycles. The van der Waals surface area contributed by atoms with Crippen LogP contribution >= 0.6 is 0 Å². The summed E-state index contributed by atoms with van der Waals surface area (Å²) < 4.78 is 4.54. The third-order valence-electron chi connectivity index (χ3n) is 2.63. The Bertz CT molecular complexity index is 523. The molecule has 1 rings (SSSR count). The molecular weight excluding hydrogens is 276 g/mol. The molecule has 118 valence electrons. The predicted molar refractivity (Wildman–Crippen MR) is 92.8 cm³/mol. The number of phenols is 1. The fourth-order valence-electron chi connectivity index (χ4n) is 1.74. The van der Waals surface area contributed by atoms with Crippen LogP contribution in [0.1, 0.15) is 23.6 Å². The maximum atomic E-state index is 11.1. The van der Waals surface area contributed by atoms with Gasteiger partial charge in [0.25, 0.3) is 0 Å². The zero-order valence-corrected chi connectivity index (χ0v) is 13.3. The second kappa shape index (κ2) is 11.1. The van der Waals surface area contributed by atoms with Gasteiger partial charge in [-0.2, -0.15) is 0 Å². The molecule has 0 unspecified atom stereocenters. The molecule has 0 heterocycles. The van der Waals surface area contributed by atoms with Gasteiger partial charge in [-0.05, 0) is 54.7 Å². The Balaban J connectivity index is 0.00000135. The van der Waals surface area contributed by atoms with Crippen molar-refractivity contribution in [3.05, 3.63) is 72.9 Å². The molecule has 0 spiro atoms. The lowest BCUT2D eigenvalue weighted by Crippen LogP contribution is -1.95. The van der Waals surface area contributed by atoms with E-state index in [0.29, 0.717) is 12.8 Å². The van der Waals surface area contributed by atoms with Gasteiger partial charge in [-0.1, -0.05) is 18.2 Å². The molecule has 1 aromatic rings. The number of methoxy groups -OCH3 is 1. The summed E-state index contributed by atoms with van der Waals surface area (Å²) in [5.41, 5.74) is 2.38. The fraction of sp³-hybridized carbons (Fsp3) is 0.211. The molecule has 0 aromatic heterocycles. The fourth-order valence-corrected chi connectivity index (χ4v) is 1.74. The van der Waals surface area contributed by atoms with Crippen LogP contribution < -0.4 is 0 Å². The molecular formula is C19H24O3. The Kier molecular flexibility index (Phi) is 9.85. The Labute approximate surface area is 132 Å². The van der Waals surface area contributed by atoms with Crippen LogP contribution in [0.2, 0.25) is 0 Å². The van der Waals surface area contributed by atoms with Gasteiger partial charge < -0.3 is 9.84 Å². The van der Waals surface area contributed by atoms with E-state index in [9.17, 15) is 9.90 Å². The van der Waals surface area contributed by atoms with Gasteiger partial charge in [-0.15, -0.1) is 19.7 Å². The van der Waals surface area contributed by atoms with Gasteiger partial charge in [-0.25, -0.2) is 4.79 Å². The Hall–Kier alpha value is -2.55. The zero-order chi connectivity index (χ0) is 17.0. The first kappa shape index (κ1) is 19.4. The van der Waals surface area contributed by atoms with E-state index >= 15 is 0 Å². The summed E-state index contributed by atoms with van der Waals surface area (Å²) in [7, 11) is 1.33. The van der Waals surface area contributed by atoms with Crippen molar-refractivity contribution in [2.75, 3.05) is 7.11 Å². The third-order valence-corrected chi connectivity index (χ3v) is 2.63. The van der Waals surface area contributed by atoms with Crippen molar-refractivity contribution in [3.8, 4) is 5.75 Å². The summed E-state index contributed by atoms with van der Waals surface area (Å²) in [5, 5.41) is 10.1. The first-order valence-corrected chi connectivity index (χ1v) is 6.93. The maximum Gasteiger partial charge on any atom is 0.330 e. The lowest BCUT2D eigenvalue weighted by molar-refractivity contribution is -0.134. The Morgan fingerprint density at radius 3 is 2.00 bits per heavy atom. The van der Waals surface area contributed by atoms with E-state index in [1.165, 1.54) is 13.2 Å². The number of carbonyl (C=O) groups excluding carboxylic acids is 1. The number of phenolic OH excluding ortho intramolecular Hbond substituents is 1. The molecule has 0 bridgehead atoms. The molecule has 1 N–H and O–H groups in total. The molecule has 0 radical (unpaired) electrons. The second-order valence-corrected chi connectivity index (χ2v) is 4.44. The van der Waals surface area contributed by atoms with E-state index in [1.54, 1.807) is 24.3 Å². The van der Waals surface area contributed by atoms with E-state index in [1.807, 2.05) is 19.1 Å². The highest BCUT2D eigenvalue weighted by molar-refractivity contribution is 5.87. The van der Waals surface area contributed by atoms with Crippen molar-refractivity contribution in [1.82, 2.24) is 0 Å². The Morgan fingerprint density at radius 2 is 1.64 bits per heavy atom. The van der Waals surface area contributed by atoms with Gasteiger partial charge in [0.15, 0.2) is 0 Å². The number of aromatic hydroxyl groups is 1. The van der Waals surface area contributed by atoms with Crippen LogP contribution in [0, 0.1) is 0 Å². The highest BCUT2D eigenvalue weighted by atomic mass is 16.5. The minimum absolute atomic E-state index is 0.259. The number of rotatable bonds is 6. The molecule has 0 saturated heterocycles. The van der Waals surface area contributed by atoms with Crippen LogP contribution in [0.3, 0.4) is 0 Å². The smallest absolute Gasteiger partial charge is 0.330 e. The van der Waals surface area contributed by atoms with Crippen LogP contribution in [0.5, 0.6) is 5.75 Å². The average Bonchev–Trinajstić information content (AvgIpc) is 2.50. The summed E-state index contributed by atoms with van der Waals surface area (Å²) in [6, 6.07) is 3.64. The van der Waals surface area contributed by atoms with Crippen LogP contribution in [0.15, 0.2) is 56.2 Å². The molecule has 0 fully saturated rings. The molecule has 1 aromatic carbocycles. The minimum Gasteiger partial charge on any atom is -0.507 e. The minimum atomic E-state index is -0.413. The number of esters is 1. The molecule has 0 saturated carbocycles. The molecule has 0 aliphatic rings. The summed E-state index contributed by atoms with van der Waals surface area (Å²) in [6.07, 6.45) is 9.33. The predicted octanol–water partition coefficient (Wildman–Crippen LogP) is 4.23. The van der Waals surface area contributed by atoms with Crippen LogP contribution in [-0.4, -0.2) is 18.2 Å². The van der Waals surface area contributed by atoms with E-state index < -0.39 is 5.97 Å². The number of carbonyl (C=O) groups is 1. The normalized spacial score (nSPS) is 9.55. The SMILES string of the molecule is C=CC.C=CCc1cc(C=CC(=O)OC)cc(CC=C)c1O. The summed E-state index contributed by atoms with van der Waals surface area (Å²) in [4.78, 5) is 11.1. The number of benzene rings is 1. The van der Waals surface area contributed by atoms with Crippen LogP contribution in [-0.2, 0) is 22.4 Å². The van der Waals surface area contributed by atoms with E-state index in [4.69, 9.17) is 0 Å². The summed E-state index contributed by atoms with van der Waals surface area (Å²) in [6.45, 7) is 12.6. The average molecular weight is 300 g/mol. The number of hydrogen-bond acceptors (Lipinski definition) is 3. The standard InChI is InChI=1S/C16H18O3.C3H6/c1-4-6-13-10-12(8-9-15(17)19-3)11-14(7-5-2)16(13)18;1-3-2/h4-5,8-11,18H,1-2,6-7H2,3H3;3H,1H2,2H3. The van der Waals surface area contributed by atoms with Gasteiger partial charge in [0.2, 0.25) is 0 Å². The van der Waals surface area contributed by atoms with Crippen molar-refractivity contribution in [1.29, 1.82) is 0 Å². The van der Waals surface area contributed by atoms with Crippen molar-refractivity contribution in [2.24, 2.45) is 0 Å². The van der Waals surface area contributed by atoms with Crippen molar-refractivity contribution in [3.63, 3.8) is 0 Å². The number of allylic oxidation sites excluding steroid dienone is 3. The van der Waals surface area contributed by atoms with Gasteiger partial charge in [0, 0.05) is 6.08 Å². The molecule has 0 amide bonds. The quantitative estimate of drug-likeness (QED) is 0.486. The number of ether oxygens (including phenoxy) is 1. The zero-order valence-electron chi connectivity index (χ0n) is 13.3. The first-order valence-electron chi connectivity index (χ1n) is 6.93. The van der Waals surface area contributed by atoms with E-state index in [2.05, 4.69) is 24.5 Å². The molecule has 3 nitrogen and oxygen atoms in total. The van der Waals surface area contributed by atoms with Crippen molar-refractivity contribution >= 4 is 12.0 Å². The monoisotopic (exact) mass is 300 g/mol. The first-order chi connectivity index (χ1) is 10.5. The van der Waals surface area contributed by atoms with Gasteiger partial charge in [0.05, 0.1) is 7.11 Å². The van der Waals surface area contributed by atoms with E-state index in [-0.39, 0.29) is 5.75 Å². The van der Waals surface area contributed by atoms with Crippen molar-refractivity contribution < 1.29 is 14.6 Å². The van der Waals surface area contributed by atoms with Crippen molar-refractivity contribution in [2.45, 2.75) is 19.8 Å². The maximum absolute atomic E-state index is 11.1. The summed E-state index contributed by atoms with van der Waals surface area (Å²) >= 11 is 0. The topological polar surface area (TPSA) is 46.5 Å². The van der Waals surface area contributed by atoms with Crippen LogP contribution in [0.4, 0.5) is 0 Å². The highest BCUT2D eigenvalue weighted by Gasteiger charge is 2.07. The van der Waals surface area contributed by atoms with Gasteiger partial charge in [0.1, 0.15) is 5.75 Å².